The molecule has 0 atom stereocenters. The number of benzene rings is 1. The molecule has 0 bridgehead atoms. The second-order valence-electron chi connectivity index (χ2n) is 3.90. The van der Waals surface area contributed by atoms with Crippen molar-refractivity contribution in [1.29, 1.82) is 0 Å². The molecule has 0 heterocycles. The Bertz CT molecular complexity index is 518. The normalized spacial score (nSPS) is 9.89. The minimum absolute atomic E-state index is 0.218. The van der Waals surface area contributed by atoms with Gasteiger partial charge in [0.1, 0.15) is 5.57 Å². The predicted molar refractivity (Wildman–Crippen MR) is 84.5 cm³/mol. The van der Waals surface area contributed by atoms with E-state index in [9.17, 15) is 9.59 Å². The molecule has 3 nitrogen and oxygen atoms in total. The molecular weight excluding hydrogens is 278 g/mol. The third-order valence-corrected chi connectivity index (χ3v) is 4.70. The lowest BCUT2D eigenvalue weighted by atomic mass is 10.1. The fourth-order valence-electron chi connectivity index (χ4n) is 1.58. The van der Waals surface area contributed by atoms with Gasteiger partial charge in [-0.3, -0.25) is 9.59 Å². The summed E-state index contributed by atoms with van der Waals surface area (Å²) in [5.41, 5.74) is 1.92. The molecule has 1 N–H and O–H groups in total. The molecule has 1 rings (SSSR count). The van der Waals surface area contributed by atoms with Gasteiger partial charge in [0, 0.05) is 5.69 Å². The van der Waals surface area contributed by atoms with Gasteiger partial charge in [-0.15, -0.1) is 23.5 Å². The van der Waals surface area contributed by atoms with Crippen molar-refractivity contribution in [3.05, 3.63) is 39.6 Å². The maximum atomic E-state index is 12.2. The van der Waals surface area contributed by atoms with Gasteiger partial charge in [0.2, 0.25) is 0 Å². The van der Waals surface area contributed by atoms with Crippen molar-refractivity contribution < 1.29 is 9.59 Å². The lowest BCUT2D eigenvalue weighted by Crippen LogP contribution is -2.20. The molecule has 0 saturated heterocycles. The highest BCUT2D eigenvalue weighted by atomic mass is 32.2. The molecule has 102 valence electrons. The molecule has 0 spiro atoms. The van der Waals surface area contributed by atoms with Crippen LogP contribution in [0.15, 0.2) is 34.1 Å². The van der Waals surface area contributed by atoms with Crippen molar-refractivity contribution in [2.24, 2.45) is 0 Å². The van der Waals surface area contributed by atoms with Crippen LogP contribution in [0.2, 0.25) is 0 Å². The Balaban J connectivity index is 3.07. The van der Waals surface area contributed by atoms with E-state index >= 15 is 0 Å². The average molecular weight is 295 g/mol. The smallest absolute Gasteiger partial charge is 0.260 e. The molecule has 0 unspecified atom stereocenters. The Labute approximate surface area is 122 Å². The number of thioether (sulfide) groups is 2. The van der Waals surface area contributed by atoms with Crippen molar-refractivity contribution in [2.75, 3.05) is 17.8 Å². The van der Waals surface area contributed by atoms with E-state index in [-0.39, 0.29) is 17.3 Å². The highest BCUT2D eigenvalue weighted by Crippen LogP contribution is 2.29. The quantitative estimate of drug-likeness (QED) is 0.513. The summed E-state index contributed by atoms with van der Waals surface area (Å²) in [4.78, 5) is 23.9. The van der Waals surface area contributed by atoms with Gasteiger partial charge in [-0.1, -0.05) is 18.2 Å². The SMILES string of the molecule is CSC(SC)=C(C(C)=O)C(=O)Nc1ccccc1C. The van der Waals surface area contributed by atoms with Crippen molar-refractivity contribution in [3.8, 4) is 0 Å². The third-order valence-electron chi connectivity index (χ3n) is 2.55. The molecule has 1 aromatic carbocycles. The summed E-state index contributed by atoms with van der Waals surface area (Å²) in [5, 5.41) is 2.80. The van der Waals surface area contributed by atoms with Crippen LogP contribution in [0.5, 0.6) is 0 Å². The lowest BCUT2D eigenvalue weighted by molar-refractivity contribution is -0.118. The summed E-state index contributed by atoms with van der Waals surface area (Å²) in [6.07, 6.45) is 3.71. The van der Waals surface area contributed by atoms with Crippen LogP contribution in [-0.2, 0) is 9.59 Å². The van der Waals surface area contributed by atoms with Crippen molar-refractivity contribution in [1.82, 2.24) is 0 Å². The molecular formula is C14H17NO2S2. The molecule has 0 aliphatic carbocycles. The number of nitrogens with one attached hydrogen (secondary N) is 1. The van der Waals surface area contributed by atoms with Crippen LogP contribution in [0.4, 0.5) is 5.69 Å². The number of ketones is 1. The van der Waals surface area contributed by atoms with Crippen molar-refractivity contribution >= 4 is 40.9 Å². The van der Waals surface area contributed by atoms with Gasteiger partial charge in [0.05, 0.1) is 4.24 Å². The van der Waals surface area contributed by atoms with Gasteiger partial charge < -0.3 is 5.32 Å². The molecule has 0 aliphatic heterocycles. The highest BCUT2D eigenvalue weighted by molar-refractivity contribution is 8.21. The Morgan fingerprint density at radius 2 is 1.68 bits per heavy atom. The fraction of sp³-hybridized carbons (Fsp3) is 0.286. The summed E-state index contributed by atoms with van der Waals surface area (Å²) in [5.74, 6) is -0.565. The first-order valence-electron chi connectivity index (χ1n) is 5.71. The molecule has 0 aliphatic rings. The van der Waals surface area contributed by atoms with Crippen LogP contribution in [0, 0.1) is 6.92 Å². The maximum Gasteiger partial charge on any atom is 0.260 e. The van der Waals surface area contributed by atoms with E-state index in [1.165, 1.54) is 30.4 Å². The van der Waals surface area contributed by atoms with Crippen molar-refractivity contribution in [3.63, 3.8) is 0 Å². The number of hydrogen-bond donors (Lipinski definition) is 1. The average Bonchev–Trinajstić information content (AvgIpc) is 2.37. The van der Waals surface area contributed by atoms with Gasteiger partial charge in [0.25, 0.3) is 5.91 Å². The topological polar surface area (TPSA) is 46.2 Å². The zero-order valence-corrected chi connectivity index (χ0v) is 13.1. The summed E-state index contributed by atoms with van der Waals surface area (Å²) >= 11 is 2.82. The van der Waals surface area contributed by atoms with Gasteiger partial charge in [0.15, 0.2) is 5.78 Å². The minimum Gasteiger partial charge on any atom is -0.322 e. The van der Waals surface area contributed by atoms with Crippen LogP contribution in [0.3, 0.4) is 0 Å². The number of carbonyl (C=O) groups is 2. The Morgan fingerprint density at radius 1 is 1.11 bits per heavy atom. The molecule has 0 radical (unpaired) electrons. The highest BCUT2D eigenvalue weighted by Gasteiger charge is 2.20. The monoisotopic (exact) mass is 295 g/mol. The number of amides is 1. The molecule has 5 heteroatoms. The second kappa shape index (κ2) is 7.40. The summed E-state index contributed by atoms with van der Waals surface area (Å²) in [7, 11) is 0. The number of Topliss-reactive ketones (excluding diaryl/α,β-unsaturated/α-hetero) is 1. The van der Waals surface area contributed by atoms with E-state index in [1.807, 2.05) is 43.7 Å². The van der Waals surface area contributed by atoms with Crippen LogP contribution in [0.25, 0.3) is 0 Å². The number of para-hydroxylation sites is 1. The molecule has 0 saturated carbocycles. The lowest BCUT2D eigenvalue weighted by Gasteiger charge is -2.11. The Morgan fingerprint density at radius 3 is 2.16 bits per heavy atom. The van der Waals surface area contributed by atoms with Crippen LogP contribution in [-0.4, -0.2) is 24.2 Å². The Hall–Kier alpha value is -1.20. The van der Waals surface area contributed by atoms with Crippen LogP contribution >= 0.6 is 23.5 Å². The first-order valence-corrected chi connectivity index (χ1v) is 8.16. The van der Waals surface area contributed by atoms with Crippen LogP contribution in [0.1, 0.15) is 12.5 Å². The van der Waals surface area contributed by atoms with E-state index in [2.05, 4.69) is 5.32 Å². The molecule has 0 fully saturated rings. The Kier molecular flexibility index (Phi) is 6.18. The van der Waals surface area contributed by atoms with Gasteiger partial charge in [-0.05, 0) is 38.0 Å². The second-order valence-corrected chi connectivity index (χ2v) is 5.79. The van der Waals surface area contributed by atoms with Gasteiger partial charge >= 0.3 is 0 Å². The zero-order chi connectivity index (χ0) is 14.4. The third kappa shape index (κ3) is 4.14. The van der Waals surface area contributed by atoms with Gasteiger partial charge in [-0.2, -0.15) is 0 Å². The number of aryl methyl sites for hydroxylation is 1. The zero-order valence-electron chi connectivity index (χ0n) is 11.4. The predicted octanol–water partition coefficient (Wildman–Crippen LogP) is 3.46. The summed E-state index contributed by atoms with van der Waals surface area (Å²) in [6, 6.07) is 7.49. The standard InChI is InChI=1S/C14H17NO2S2/c1-9-7-5-6-8-11(9)15-13(17)12(10(2)16)14(18-3)19-4/h5-8H,1-4H3,(H,15,17). The molecule has 1 amide bonds. The first kappa shape index (κ1) is 15.9. The number of anilines is 1. The number of hydrogen-bond acceptors (Lipinski definition) is 4. The van der Waals surface area contributed by atoms with E-state index in [0.717, 1.165) is 15.5 Å². The summed E-state index contributed by atoms with van der Waals surface area (Å²) < 4.78 is 0.735. The van der Waals surface area contributed by atoms with E-state index in [0.29, 0.717) is 0 Å². The molecule has 19 heavy (non-hydrogen) atoms. The first-order chi connectivity index (χ1) is 9.01. The molecule has 0 aromatic heterocycles. The van der Waals surface area contributed by atoms with E-state index in [4.69, 9.17) is 0 Å². The van der Waals surface area contributed by atoms with Gasteiger partial charge in [-0.25, -0.2) is 0 Å². The number of rotatable bonds is 5. The molecule has 1 aromatic rings. The van der Waals surface area contributed by atoms with E-state index < -0.39 is 0 Å². The maximum absolute atomic E-state index is 12.2. The summed E-state index contributed by atoms with van der Waals surface area (Å²) in [6.45, 7) is 3.33. The minimum atomic E-state index is -0.347. The fourth-order valence-corrected chi connectivity index (χ4v) is 3.13. The number of carbonyl (C=O) groups excluding carboxylic acids is 2. The largest absolute Gasteiger partial charge is 0.322 e. The van der Waals surface area contributed by atoms with Crippen LogP contribution < -0.4 is 5.32 Å². The van der Waals surface area contributed by atoms with E-state index in [1.54, 1.807) is 0 Å². The van der Waals surface area contributed by atoms with Crippen molar-refractivity contribution in [2.45, 2.75) is 13.8 Å².